The van der Waals surface area contributed by atoms with Crippen LogP contribution in [0, 0.1) is 0 Å². The van der Waals surface area contributed by atoms with E-state index in [2.05, 4.69) is 10.3 Å². The van der Waals surface area contributed by atoms with Gasteiger partial charge in [-0.05, 0) is 0 Å². The van der Waals surface area contributed by atoms with E-state index in [1.807, 2.05) is 0 Å². The molecule has 2 heterocycles. The molecule has 1 saturated heterocycles. The topological polar surface area (TPSA) is 112 Å². The predicted molar refractivity (Wildman–Crippen MR) is 86.2 cm³/mol. The summed E-state index contributed by atoms with van der Waals surface area (Å²) in [7, 11) is 3.29. The van der Waals surface area contributed by atoms with E-state index in [-0.39, 0.29) is 24.2 Å². The highest BCUT2D eigenvalue weighted by Crippen LogP contribution is 2.10. The molecule has 1 aliphatic rings. The molecule has 1 aliphatic heterocycles. The quantitative estimate of drug-likeness (QED) is 0.761. The maximum atomic E-state index is 12.2. The molecule has 132 valence electrons. The summed E-state index contributed by atoms with van der Waals surface area (Å²) in [6, 6.07) is -0.273. The first-order valence-electron chi connectivity index (χ1n) is 7.41. The second-order valence-electron chi connectivity index (χ2n) is 5.45. The average Bonchev–Trinajstić information content (AvgIpc) is 3.03. The molecule has 9 nitrogen and oxygen atoms in total. The number of thiazole rings is 1. The molecule has 3 amide bonds. The van der Waals surface area contributed by atoms with E-state index >= 15 is 0 Å². The standard InChI is InChI=1S/C14H20N4O5S/c1-17(2)12(19)10-7-18(5-6-23-10)14(22)15-4-3-11-16-9(8-24-11)13(20)21/h8,10H,3-7H2,1-2H3,(H,15,22)(H,20,21)/t10-/m1/s1. The average molecular weight is 356 g/mol. The lowest BCUT2D eigenvalue weighted by atomic mass is 10.2. The lowest BCUT2D eigenvalue weighted by molar-refractivity contribution is -0.145. The van der Waals surface area contributed by atoms with Crippen molar-refractivity contribution in [2.75, 3.05) is 40.3 Å². The van der Waals surface area contributed by atoms with E-state index in [0.717, 1.165) is 0 Å². The highest BCUT2D eigenvalue weighted by molar-refractivity contribution is 7.09. The summed E-state index contributed by atoms with van der Waals surface area (Å²) in [6.07, 6.45) is -0.190. The molecule has 10 heteroatoms. The molecule has 1 aromatic heterocycles. The van der Waals surface area contributed by atoms with Gasteiger partial charge in [0.1, 0.15) is 0 Å². The third-order valence-corrected chi connectivity index (χ3v) is 4.36. The molecule has 0 bridgehead atoms. The third-order valence-electron chi connectivity index (χ3n) is 3.46. The molecule has 2 rings (SSSR count). The van der Waals surface area contributed by atoms with Crippen molar-refractivity contribution in [1.82, 2.24) is 20.1 Å². The minimum absolute atomic E-state index is 0.0135. The van der Waals surface area contributed by atoms with E-state index < -0.39 is 12.1 Å². The number of likely N-dealkylation sites (N-methyl/N-ethyl adjacent to an activating group) is 1. The van der Waals surface area contributed by atoms with Gasteiger partial charge in [0, 0.05) is 39.0 Å². The molecular formula is C14H20N4O5S. The summed E-state index contributed by atoms with van der Waals surface area (Å²) in [4.78, 5) is 41.8. The van der Waals surface area contributed by atoms with Crippen molar-refractivity contribution in [2.24, 2.45) is 0 Å². The number of carbonyl (C=O) groups excluding carboxylic acids is 2. The Hall–Kier alpha value is -2.20. The number of urea groups is 1. The summed E-state index contributed by atoms with van der Waals surface area (Å²) in [5.41, 5.74) is 0.0135. The van der Waals surface area contributed by atoms with Gasteiger partial charge >= 0.3 is 12.0 Å². The van der Waals surface area contributed by atoms with Crippen molar-refractivity contribution in [3.05, 3.63) is 16.1 Å². The number of aromatic nitrogens is 1. The van der Waals surface area contributed by atoms with E-state index in [1.165, 1.54) is 21.6 Å². The van der Waals surface area contributed by atoms with Crippen LogP contribution in [0.3, 0.4) is 0 Å². The Morgan fingerprint density at radius 3 is 2.88 bits per heavy atom. The van der Waals surface area contributed by atoms with E-state index in [4.69, 9.17) is 9.84 Å². The Morgan fingerprint density at radius 1 is 1.50 bits per heavy atom. The molecule has 0 unspecified atom stereocenters. The van der Waals surface area contributed by atoms with Crippen molar-refractivity contribution in [3.63, 3.8) is 0 Å². The molecule has 1 atom stereocenters. The number of ether oxygens (including phenoxy) is 1. The minimum Gasteiger partial charge on any atom is -0.476 e. The number of nitrogens with one attached hydrogen (secondary N) is 1. The fraction of sp³-hybridized carbons (Fsp3) is 0.571. The SMILES string of the molecule is CN(C)C(=O)[C@H]1CN(C(=O)NCCc2nc(C(=O)O)cs2)CCO1. The fourth-order valence-corrected chi connectivity index (χ4v) is 2.96. The van der Waals surface area contributed by atoms with Crippen molar-refractivity contribution in [1.29, 1.82) is 0 Å². The van der Waals surface area contributed by atoms with Crippen LogP contribution >= 0.6 is 11.3 Å². The van der Waals surface area contributed by atoms with Crippen LogP contribution in [0.1, 0.15) is 15.5 Å². The van der Waals surface area contributed by atoms with E-state index in [1.54, 1.807) is 19.0 Å². The molecule has 24 heavy (non-hydrogen) atoms. The van der Waals surface area contributed by atoms with Crippen LogP contribution in [0.25, 0.3) is 0 Å². The minimum atomic E-state index is -1.06. The van der Waals surface area contributed by atoms with Crippen molar-refractivity contribution >= 4 is 29.2 Å². The Kier molecular flexibility index (Phi) is 6.10. The van der Waals surface area contributed by atoms with Crippen LogP contribution in [-0.4, -0.2) is 84.2 Å². The van der Waals surface area contributed by atoms with Gasteiger partial charge in [-0.25, -0.2) is 14.6 Å². The zero-order chi connectivity index (χ0) is 17.7. The number of carboxylic acids is 1. The van der Waals surface area contributed by atoms with Crippen molar-refractivity contribution in [2.45, 2.75) is 12.5 Å². The summed E-state index contributed by atoms with van der Waals surface area (Å²) in [5, 5.41) is 13.7. The van der Waals surface area contributed by atoms with Gasteiger partial charge in [0.05, 0.1) is 18.2 Å². The second-order valence-corrected chi connectivity index (χ2v) is 6.39. The van der Waals surface area contributed by atoms with Gasteiger partial charge in [0.15, 0.2) is 11.8 Å². The van der Waals surface area contributed by atoms with Crippen LogP contribution in [0.5, 0.6) is 0 Å². The Morgan fingerprint density at radius 2 is 2.25 bits per heavy atom. The first kappa shape index (κ1) is 18.1. The van der Waals surface area contributed by atoms with Crippen LogP contribution in [0.15, 0.2) is 5.38 Å². The van der Waals surface area contributed by atoms with Crippen molar-refractivity contribution < 1.29 is 24.2 Å². The largest absolute Gasteiger partial charge is 0.476 e. The normalized spacial score (nSPS) is 17.4. The second kappa shape index (κ2) is 8.06. The van der Waals surface area contributed by atoms with Gasteiger partial charge in [-0.15, -0.1) is 11.3 Å². The van der Waals surface area contributed by atoms with Crippen LogP contribution in [-0.2, 0) is 16.0 Å². The molecule has 0 radical (unpaired) electrons. The Labute approximate surface area is 143 Å². The third kappa shape index (κ3) is 4.65. The zero-order valence-electron chi connectivity index (χ0n) is 13.5. The maximum Gasteiger partial charge on any atom is 0.355 e. The van der Waals surface area contributed by atoms with Gasteiger partial charge in [0.2, 0.25) is 0 Å². The Balaban J connectivity index is 1.79. The van der Waals surface area contributed by atoms with E-state index in [9.17, 15) is 14.4 Å². The predicted octanol–water partition coefficient (Wildman–Crippen LogP) is -0.118. The highest BCUT2D eigenvalue weighted by Gasteiger charge is 2.30. The molecule has 1 fully saturated rings. The van der Waals surface area contributed by atoms with Gasteiger partial charge in [-0.3, -0.25) is 4.79 Å². The van der Waals surface area contributed by atoms with Crippen molar-refractivity contribution in [3.8, 4) is 0 Å². The van der Waals surface area contributed by atoms with Gasteiger partial charge in [-0.2, -0.15) is 0 Å². The molecule has 0 spiro atoms. The molecule has 0 saturated carbocycles. The number of rotatable bonds is 5. The summed E-state index contributed by atoms with van der Waals surface area (Å²) < 4.78 is 5.40. The molecule has 1 aromatic rings. The summed E-state index contributed by atoms with van der Waals surface area (Å²) in [6.45, 7) is 1.29. The highest BCUT2D eigenvalue weighted by atomic mass is 32.1. The maximum absolute atomic E-state index is 12.2. The number of morpholine rings is 1. The number of nitrogens with zero attached hydrogens (tertiary/aromatic N) is 3. The van der Waals surface area contributed by atoms with Crippen LogP contribution in [0.2, 0.25) is 0 Å². The molecule has 0 aromatic carbocycles. The molecule has 2 N–H and O–H groups in total. The molecular weight excluding hydrogens is 336 g/mol. The number of hydrogen-bond donors (Lipinski definition) is 2. The summed E-state index contributed by atoms with van der Waals surface area (Å²) in [5.74, 6) is -1.23. The smallest absolute Gasteiger partial charge is 0.355 e. The monoisotopic (exact) mass is 356 g/mol. The number of carbonyl (C=O) groups is 3. The number of hydrogen-bond acceptors (Lipinski definition) is 6. The van der Waals surface area contributed by atoms with Gasteiger partial charge in [-0.1, -0.05) is 0 Å². The zero-order valence-corrected chi connectivity index (χ0v) is 14.3. The van der Waals surface area contributed by atoms with E-state index in [0.29, 0.717) is 31.1 Å². The summed E-state index contributed by atoms with van der Waals surface area (Å²) >= 11 is 1.25. The lowest BCUT2D eigenvalue weighted by Crippen LogP contribution is -2.53. The van der Waals surface area contributed by atoms with Crippen LogP contribution in [0.4, 0.5) is 4.79 Å². The number of amides is 3. The van der Waals surface area contributed by atoms with Crippen LogP contribution < -0.4 is 5.32 Å². The number of aromatic carboxylic acids is 1. The number of carboxylic acid groups (broad SMARTS) is 1. The first-order valence-corrected chi connectivity index (χ1v) is 8.29. The first-order chi connectivity index (χ1) is 11.4. The lowest BCUT2D eigenvalue weighted by Gasteiger charge is -2.33. The van der Waals surface area contributed by atoms with Gasteiger partial charge in [0.25, 0.3) is 5.91 Å². The molecule has 0 aliphatic carbocycles. The van der Waals surface area contributed by atoms with Gasteiger partial charge < -0.3 is 25.0 Å². The Bertz CT molecular complexity index is 618. The fourth-order valence-electron chi connectivity index (χ4n) is 2.18.